The van der Waals surface area contributed by atoms with Crippen molar-refractivity contribution in [3.63, 3.8) is 0 Å². The molecule has 112 valence electrons. The summed E-state index contributed by atoms with van der Waals surface area (Å²) in [5.74, 6) is -0.269. The Kier molecular flexibility index (Phi) is 4.98. The van der Waals surface area contributed by atoms with Crippen LogP contribution < -0.4 is 5.32 Å². The van der Waals surface area contributed by atoms with Crippen molar-refractivity contribution in [2.45, 2.75) is 19.9 Å². The molecular formula is C15H17ClN2O3. The van der Waals surface area contributed by atoms with Gasteiger partial charge in [-0.05, 0) is 25.0 Å². The number of aliphatic hydroxyl groups is 1. The van der Waals surface area contributed by atoms with Crippen molar-refractivity contribution >= 4 is 17.5 Å². The number of aromatic nitrogens is 1. The van der Waals surface area contributed by atoms with Crippen LogP contribution in [0.3, 0.4) is 0 Å². The average molecular weight is 309 g/mol. The van der Waals surface area contributed by atoms with Crippen LogP contribution in [0.4, 0.5) is 0 Å². The molecule has 1 aromatic carbocycles. The smallest absolute Gasteiger partial charge is 0.290 e. The molecular weight excluding hydrogens is 292 g/mol. The Morgan fingerprint density at radius 3 is 2.86 bits per heavy atom. The Morgan fingerprint density at radius 2 is 2.19 bits per heavy atom. The summed E-state index contributed by atoms with van der Waals surface area (Å²) in [6.07, 6.45) is 0. The maximum Gasteiger partial charge on any atom is 0.290 e. The highest BCUT2D eigenvalue weighted by Crippen LogP contribution is 2.22. The molecule has 2 atom stereocenters. The van der Waals surface area contributed by atoms with Crippen molar-refractivity contribution in [2.24, 2.45) is 5.92 Å². The van der Waals surface area contributed by atoms with Crippen molar-refractivity contribution in [2.75, 3.05) is 6.61 Å². The second-order valence-corrected chi connectivity index (χ2v) is 5.45. The van der Waals surface area contributed by atoms with Crippen LogP contribution in [0.15, 0.2) is 34.9 Å². The predicted molar refractivity (Wildman–Crippen MR) is 80.1 cm³/mol. The van der Waals surface area contributed by atoms with Gasteiger partial charge >= 0.3 is 0 Å². The lowest BCUT2D eigenvalue weighted by molar-refractivity contribution is 0.0879. The molecule has 2 aromatic rings. The number of nitrogens with zero attached hydrogens (tertiary/aromatic N) is 1. The first kappa shape index (κ1) is 15.5. The number of aliphatic hydroxyl groups excluding tert-OH is 1. The van der Waals surface area contributed by atoms with E-state index in [4.69, 9.17) is 21.2 Å². The molecule has 2 N–H and O–H groups in total. The summed E-state index contributed by atoms with van der Waals surface area (Å²) in [6, 6.07) is 8.55. The number of halogens is 1. The molecule has 5 nitrogen and oxygen atoms in total. The third kappa shape index (κ3) is 3.83. The minimum Gasteiger partial charge on any atom is -0.396 e. The fourth-order valence-corrected chi connectivity index (χ4v) is 1.93. The number of hydrogen-bond acceptors (Lipinski definition) is 4. The van der Waals surface area contributed by atoms with E-state index < -0.39 is 0 Å². The van der Waals surface area contributed by atoms with Crippen molar-refractivity contribution in [3.8, 4) is 11.3 Å². The summed E-state index contributed by atoms with van der Waals surface area (Å²) in [6.45, 7) is 3.68. The van der Waals surface area contributed by atoms with Gasteiger partial charge in [0.05, 0.1) is 0 Å². The first-order chi connectivity index (χ1) is 10.0. The van der Waals surface area contributed by atoms with Crippen molar-refractivity contribution < 1.29 is 14.4 Å². The van der Waals surface area contributed by atoms with E-state index in [0.29, 0.717) is 10.7 Å². The first-order valence-electron chi connectivity index (χ1n) is 6.65. The van der Waals surface area contributed by atoms with Gasteiger partial charge in [-0.15, -0.1) is 0 Å². The summed E-state index contributed by atoms with van der Waals surface area (Å²) < 4.78 is 5.07. The van der Waals surface area contributed by atoms with Gasteiger partial charge in [0, 0.05) is 29.3 Å². The van der Waals surface area contributed by atoms with Crippen LogP contribution in [-0.2, 0) is 0 Å². The van der Waals surface area contributed by atoms with Crippen LogP contribution in [0.2, 0.25) is 5.02 Å². The Morgan fingerprint density at radius 1 is 1.43 bits per heavy atom. The van der Waals surface area contributed by atoms with Gasteiger partial charge in [-0.1, -0.05) is 35.8 Å². The van der Waals surface area contributed by atoms with E-state index >= 15 is 0 Å². The van der Waals surface area contributed by atoms with E-state index in [9.17, 15) is 4.79 Å². The molecule has 0 spiro atoms. The number of carbonyl (C=O) groups excluding carboxylic acids is 1. The molecule has 0 saturated carbocycles. The third-order valence-corrected chi connectivity index (χ3v) is 3.59. The van der Waals surface area contributed by atoms with Gasteiger partial charge < -0.3 is 14.9 Å². The van der Waals surface area contributed by atoms with Gasteiger partial charge in [-0.2, -0.15) is 0 Å². The Hall–Kier alpha value is -1.85. The zero-order chi connectivity index (χ0) is 15.4. The molecule has 2 rings (SSSR count). The van der Waals surface area contributed by atoms with Gasteiger partial charge in [-0.25, -0.2) is 0 Å². The topological polar surface area (TPSA) is 75.4 Å². The van der Waals surface area contributed by atoms with Gasteiger partial charge in [-0.3, -0.25) is 4.79 Å². The maximum absolute atomic E-state index is 12.0. The van der Waals surface area contributed by atoms with Gasteiger partial charge in [0.15, 0.2) is 0 Å². The van der Waals surface area contributed by atoms with E-state index in [1.54, 1.807) is 24.3 Å². The number of nitrogens with one attached hydrogen (secondary N) is 1. The van der Waals surface area contributed by atoms with Crippen LogP contribution in [0.1, 0.15) is 24.4 Å². The molecule has 1 aromatic heterocycles. The summed E-state index contributed by atoms with van der Waals surface area (Å²) in [7, 11) is 0. The molecule has 21 heavy (non-hydrogen) atoms. The lowest BCUT2D eigenvalue weighted by Crippen LogP contribution is -2.38. The van der Waals surface area contributed by atoms with Crippen LogP contribution in [0.25, 0.3) is 11.3 Å². The molecule has 0 aliphatic carbocycles. The first-order valence-corrected chi connectivity index (χ1v) is 7.03. The summed E-state index contributed by atoms with van der Waals surface area (Å²) >= 11 is 5.92. The minimum atomic E-state index is -0.358. The highest BCUT2D eigenvalue weighted by atomic mass is 35.5. The maximum atomic E-state index is 12.0. The van der Waals surface area contributed by atoms with Crippen LogP contribution in [0, 0.1) is 5.92 Å². The standard InChI is InChI=1S/C15H17ClN2O3/c1-9(8-19)10(2)17-15(20)14-7-13(18-21-14)11-4-3-5-12(16)6-11/h3-7,9-10,19H,8H2,1-2H3,(H,17,20). The van der Waals surface area contributed by atoms with Crippen LogP contribution in [0.5, 0.6) is 0 Å². The molecule has 0 fully saturated rings. The number of rotatable bonds is 5. The molecule has 1 amide bonds. The Balaban J connectivity index is 2.11. The largest absolute Gasteiger partial charge is 0.396 e. The van der Waals surface area contributed by atoms with Crippen molar-refractivity contribution in [3.05, 3.63) is 41.1 Å². The molecule has 6 heteroatoms. The average Bonchev–Trinajstić information content (AvgIpc) is 2.96. The fraction of sp³-hybridized carbons (Fsp3) is 0.333. The minimum absolute atomic E-state index is 0.00557. The van der Waals surface area contributed by atoms with Gasteiger partial charge in [0.2, 0.25) is 5.76 Å². The summed E-state index contributed by atoms with van der Waals surface area (Å²) in [5, 5.41) is 16.3. The SMILES string of the molecule is CC(CO)C(C)NC(=O)c1cc(-c2cccc(Cl)c2)no1. The fourth-order valence-electron chi connectivity index (χ4n) is 1.74. The molecule has 0 bridgehead atoms. The molecule has 0 aliphatic rings. The molecule has 0 radical (unpaired) electrons. The molecule has 1 heterocycles. The van der Waals surface area contributed by atoms with E-state index in [1.165, 1.54) is 0 Å². The molecule has 2 unspecified atom stereocenters. The van der Waals surface area contributed by atoms with E-state index in [0.717, 1.165) is 5.56 Å². The summed E-state index contributed by atoms with van der Waals surface area (Å²) in [4.78, 5) is 12.0. The summed E-state index contributed by atoms with van der Waals surface area (Å²) in [5.41, 5.74) is 1.33. The lowest BCUT2D eigenvalue weighted by Gasteiger charge is -2.18. The second-order valence-electron chi connectivity index (χ2n) is 5.01. The van der Waals surface area contributed by atoms with E-state index in [2.05, 4.69) is 10.5 Å². The highest BCUT2D eigenvalue weighted by Gasteiger charge is 2.19. The molecule has 0 aliphatic heterocycles. The van der Waals surface area contributed by atoms with E-state index in [-0.39, 0.29) is 30.2 Å². The van der Waals surface area contributed by atoms with Gasteiger partial charge in [0.1, 0.15) is 5.69 Å². The monoisotopic (exact) mass is 308 g/mol. The van der Waals surface area contributed by atoms with E-state index in [1.807, 2.05) is 19.9 Å². The van der Waals surface area contributed by atoms with Crippen molar-refractivity contribution in [1.82, 2.24) is 10.5 Å². The Labute approximate surface area is 127 Å². The van der Waals surface area contributed by atoms with Crippen LogP contribution >= 0.6 is 11.6 Å². The number of benzene rings is 1. The normalized spacial score (nSPS) is 13.7. The second kappa shape index (κ2) is 6.74. The zero-order valence-corrected chi connectivity index (χ0v) is 12.6. The lowest BCUT2D eigenvalue weighted by atomic mass is 10.1. The highest BCUT2D eigenvalue weighted by molar-refractivity contribution is 6.30. The number of hydrogen-bond donors (Lipinski definition) is 2. The Bertz CT molecular complexity index is 627. The molecule has 0 saturated heterocycles. The number of amides is 1. The third-order valence-electron chi connectivity index (χ3n) is 3.35. The number of carbonyl (C=O) groups is 1. The predicted octanol–water partition coefficient (Wildman–Crippen LogP) is 2.74. The quantitative estimate of drug-likeness (QED) is 0.890. The zero-order valence-electron chi connectivity index (χ0n) is 11.8. The van der Waals surface area contributed by atoms with Crippen LogP contribution in [-0.4, -0.2) is 28.8 Å². The van der Waals surface area contributed by atoms with Gasteiger partial charge in [0.25, 0.3) is 5.91 Å². The van der Waals surface area contributed by atoms with Crippen molar-refractivity contribution in [1.29, 1.82) is 0 Å².